The Morgan fingerprint density at radius 2 is 1.39 bits per heavy atom. The number of nitrogens with zero attached hydrogens (tertiary/aromatic N) is 4. The van der Waals surface area contributed by atoms with Gasteiger partial charge in [-0.25, -0.2) is 25.6 Å². The summed E-state index contributed by atoms with van der Waals surface area (Å²) in [6.45, 7) is 12.6. The predicted octanol–water partition coefficient (Wildman–Crippen LogP) is 10.2. The Morgan fingerprint density at radius 1 is 0.739 bits per heavy atom. The molecule has 1 aromatic heterocycles. The highest BCUT2D eigenvalue weighted by Gasteiger charge is 2.31. The standard InChI is InChI=1S/C53H62F2N6O5S3/c1-36(2)61-38(4)53(68(5,63)64)51(52(61)39-11-13-41(54)14-12-39)40-32-42(55)34-46(33-40)60-29-27-59(28-30-60)45-17-15-43(16-18-45)57-69(65,66)49-19-20-50(37(3)31-49)56-44(35-67-48-9-7-6-8-10-48)21-24-58-25-22-47(62)23-26-58/h6-20,31-34,36,44,47,56-57,62H,21-30,35H2,1-5H3/t44-/m1/s1. The molecular weight excluding hydrogens is 935 g/mol. The fourth-order valence-corrected chi connectivity index (χ4v) is 13.0. The van der Waals surface area contributed by atoms with Crippen molar-refractivity contribution >= 4 is 54.4 Å². The summed E-state index contributed by atoms with van der Waals surface area (Å²) < 4.78 is 88.8. The van der Waals surface area contributed by atoms with Crippen molar-refractivity contribution in [1.29, 1.82) is 0 Å². The molecule has 1 atom stereocenters. The molecule has 69 heavy (non-hydrogen) atoms. The summed E-state index contributed by atoms with van der Waals surface area (Å²) in [7, 11) is -7.69. The zero-order valence-electron chi connectivity index (χ0n) is 39.8. The molecule has 2 saturated heterocycles. The number of aromatic nitrogens is 1. The molecule has 0 bridgehead atoms. The lowest BCUT2D eigenvalue weighted by atomic mass is 9.99. The van der Waals surface area contributed by atoms with E-state index in [-0.39, 0.29) is 28.0 Å². The minimum atomic E-state index is -3.91. The maximum atomic E-state index is 15.7. The molecule has 3 N–H and O–H groups in total. The third kappa shape index (κ3) is 12.0. The quantitative estimate of drug-likeness (QED) is 0.0761. The summed E-state index contributed by atoms with van der Waals surface area (Å²) in [5.74, 6) is -0.0835. The lowest BCUT2D eigenvalue weighted by molar-refractivity contribution is 0.0817. The number of hydrogen-bond acceptors (Lipinski definition) is 10. The van der Waals surface area contributed by atoms with E-state index in [0.717, 1.165) is 67.8 Å². The van der Waals surface area contributed by atoms with Crippen LogP contribution in [0, 0.1) is 25.5 Å². The third-order valence-electron chi connectivity index (χ3n) is 13.1. The van der Waals surface area contributed by atoms with E-state index in [0.29, 0.717) is 65.6 Å². The molecule has 0 amide bonds. The number of piperidine rings is 1. The molecule has 0 aliphatic carbocycles. The number of aryl methyl sites for hydroxylation is 1. The van der Waals surface area contributed by atoms with Gasteiger partial charge in [0.2, 0.25) is 0 Å². The van der Waals surface area contributed by atoms with Gasteiger partial charge in [0.25, 0.3) is 10.0 Å². The number of anilines is 4. The first-order chi connectivity index (χ1) is 32.9. The van der Waals surface area contributed by atoms with Crippen molar-refractivity contribution in [2.24, 2.45) is 0 Å². The number of nitrogens with one attached hydrogen (secondary N) is 2. The van der Waals surface area contributed by atoms with Crippen molar-refractivity contribution in [2.45, 2.75) is 79.8 Å². The van der Waals surface area contributed by atoms with E-state index < -0.39 is 31.5 Å². The molecule has 366 valence electrons. The lowest BCUT2D eigenvalue weighted by Gasteiger charge is -2.37. The molecular formula is C53H62F2N6O5S3. The number of likely N-dealkylation sites (tertiary alicyclic amines) is 1. The Kier molecular flexibility index (Phi) is 15.4. The number of aliphatic hydroxyl groups is 1. The Labute approximate surface area is 410 Å². The second-order valence-corrected chi connectivity index (χ2v) is 23.2. The normalized spacial score (nSPS) is 15.7. The van der Waals surface area contributed by atoms with Crippen LogP contribution < -0.4 is 19.8 Å². The van der Waals surface area contributed by atoms with E-state index in [2.05, 4.69) is 36.9 Å². The van der Waals surface area contributed by atoms with Gasteiger partial charge in [0.05, 0.1) is 21.6 Å². The number of aliphatic hydroxyl groups excluding tert-OH is 1. The molecule has 0 radical (unpaired) electrons. The van der Waals surface area contributed by atoms with Crippen molar-refractivity contribution in [2.75, 3.05) is 77.7 Å². The zero-order chi connectivity index (χ0) is 49.0. The van der Waals surface area contributed by atoms with Crippen LogP contribution in [0.3, 0.4) is 0 Å². The van der Waals surface area contributed by atoms with Crippen molar-refractivity contribution in [3.05, 3.63) is 138 Å². The van der Waals surface area contributed by atoms with E-state index in [9.17, 15) is 26.3 Å². The number of rotatable bonds is 17. The molecule has 11 nitrogen and oxygen atoms in total. The second-order valence-electron chi connectivity index (χ2n) is 18.5. The number of hydrogen-bond donors (Lipinski definition) is 3. The largest absolute Gasteiger partial charge is 0.393 e. The van der Waals surface area contributed by atoms with Crippen molar-refractivity contribution in [3.63, 3.8) is 0 Å². The Balaban J connectivity index is 0.926. The molecule has 8 rings (SSSR count). The van der Waals surface area contributed by atoms with Crippen LogP contribution in [0.1, 0.15) is 50.4 Å². The number of piperazine rings is 1. The predicted molar refractivity (Wildman–Crippen MR) is 277 cm³/mol. The number of sulfonamides is 1. The molecule has 2 aliphatic heterocycles. The smallest absolute Gasteiger partial charge is 0.261 e. The Hall–Kier alpha value is -5.39. The van der Waals surface area contributed by atoms with Crippen molar-refractivity contribution in [1.82, 2.24) is 9.47 Å². The summed E-state index contributed by atoms with van der Waals surface area (Å²) in [4.78, 5) is 8.14. The zero-order valence-corrected chi connectivity index (χ0v) is 42.3. The van der Waals surface area contributed by atoms with Crippen molar-refractivity contribution < 1.29 is 30.7 Å². The average molecular weight is 997 g/mol. The molecule has 0 saturated carbocycles. The van der Waals surface area contributed by atoms with Crippen LogP contribution in [-0.2, 0) is 19.9 Å². The molecule has 3 heterocycles. The van der Waals surface area contributed by atoms with Crippen LogP contribution in [0.15, 0.2) is 130 Å². The van der Waals surface area contributed by atoms with Crippen LogP contribution in [-0.4, -0.2) is 101 Å². The van der Waals surface area contributed by atoms with E-state index >= 15 is 4.39 Å². The fraction of sp³-hybridized carbons (Fsp3) is 0.358. The van der Waals surface area contributed by atoms with Crippen molar-refractivity contribution in [3.8, 4) is 22.4 Å². The summed E-state index contributed by atoms with van der Waals surface area (Å²) in [5.41, 5.74) is 6.20. The fourth-order valence-electron chi connectivity index (χ4n) is 9.60. The molecule has 0 spiro atoms. The monoisotopic (exact) mass is 996 g/mol. The SMILES string of the molecule is Cc1cc(S(=O)(=O)Nc2ccc(N3CCN(c4cc(F)cc(-c5c(S(C)(=O)=O)c(C)n(C(C)C)c5-c5ccc(F)cc5)c4)CC3)cc2)ccc1N[C@H](CCN1CCC(O)CC1)CSc1ccccc1. The molecule has 2 aliphatic rings. The van der Waals surface area contributed by atoms with Gasteiger partial charge in [-0.2, -0.15) is 0 Å². The van der Waals surface area contributed by atoms with E-state index in [1.165, 1.54) is 29.2 Å². The maximum absolute atomic E-state index is 15.7. The van der Waals surface area contributed by atoms with Gasteiger partial charge < -0.3 is 29.7 Å². The van der Waals surface area contributed by atoms with Crippen LogP contribution >= 0.6 is 11.8 Å². The third-order valence-corrected chi connectivity index (χ3v) is 16.9. The first kappa shape index (κ1) is 50.0. The van der Waals surface area contributed by atoms with Gasteiger partial charge in [0, 0.05) is 109 Å². The van der Waals surface area contributed by atoms with Gasteiger partial charge >= 0.3 is 0 Å². The van der Waals surface area contributed by atoms with Gasteiger partial charge in [-0.3, -0.25) is 4.72 Å². The van der Waals surface area contributed by atoms with Crippen LogP contribution in [0.5, 0.6) is 0 Å². The number of halogens is 2. The second kappa shape index (κ2) is 21.3. The topological polar surface area (TPSA) is 127 Å². The van der Waals surface area contributed by atoms with Gasteiger partial charge in [0.1, 0.15) is 11.6 Å². The first-order valence-electron chi connectivity index (χ1n) is 23.5. The molecule has 16 heteroatoms. The lowest BCUT2D eigenvalue weighted by Crippen LogP contribution is -2.46. The number of thioether (sulfide) groups is 1. The highest BCUT2D eigenvalue weighted by atomic mass is 32.2. The minimum absolute atomic E-state index is 0.115. The van der Waals surface area contributed by atoms with Gasteiger partial charge in [-0.15, -0.1) is 11.8 Å². The van der Waals surface area contributed by atoms with Crippen LogP contribution in [0.4, 0.5) is 31.5 Å². The highest BCUT2D eigenvalue weighted by molar-refractivity contribution is 7.99. The summed E-state index contributed by atoms with van der Waals surface area (Å²) >= 11 is 1.79. The van der Waals surface area contributed by atoms with Gasteiger partial charge in [-0.05, 0) is 161 Å². The summed E-state index contributed by atoms with van der Waals surface area (Å²) in [5, 5.41) is 13.7. The number of benzene rings is 5. The van der Waals surface area contributed by atoms with E-state index in [1.807, 2.05) is 67.8 Å². The Morgan fingerprint density at radius 3 is 2.01 bits per heavy atom. The van der Waals surface area contributed by atoms with Crippen LogP contribution in [0.2, 0.25) is 0 Å². The highest BCUT2D eigenvalue weighted by Crippen LogP contribution is 2.44. The van der Waals surface area contributed by atoms with Gasteiger partial charge in [-0.1, -0.05) is 18.2 Å². The minimum Gasteiger partial charge on any atom is -0.393 e. The first-order valence-corrected chi connectivity index (χ1v) is 27.9. The van der Waals surface area contributed by atoms with E-state index in [4.69, 9.17) is 0 Å². The summed E-state index contributed by atoms with van der Waals surface area (Å²) in [6.07, 6.45) is 3.44. The Bertz CT molecular complexity index is 2960. The molecule has 5 aromatic carbocycles. The van der Waals surface area contributed by atoms with E-state index in [1.54, 1.807) is 55.1 Å². The molecule has 2 fully saturated rings. The number of sulfone groups is 1. The summed E-state index contributed by atoms with van der Waals surface area (Å²) in [6, 6.07) is 33.3. The average Bonchev–Trinajstić information content (AvgIpc) is 3.65. The molecule has 6 aromatic rings. The van der Waals surface area contributed by atoms with Gasteiger partial charge in [0.15, 0.2) is 9.84 Å². The van der Waals surface area contributed by atoms with Crippen LogP contribution in [0.25, 0.3) is 22.4 Å². The maximum Gasteiger partial charge on any atom is 0.261 e. The molecule has 0 unspecified atom stereocenters.